The van der Waals surface area contributed by atoms with E-state index in [2.05, 4.69) is 21.5 Å². The van der Waals surface area contributed by atoms with Crippen LogP contribution >= 0.6 is 22.7 Å². The topological polar surface area (TPSA) is 59.8 Å². The number of nitrogens with zero attached hydrogens (tertiary/aromatic N) is 3. The maximum atomic E-state index is 12.4. The normalized spacial score (nSPS) is 11.0. The molecule has 1 aromatic carbocycles. The average molecular weight is 340 g/mol. The summed E-state index contributed by atoms with van der Waals surface area (Å²) < 4.78 is 2.69. The number of nitrogens with one attached hydrogen (secondary N) is 1. The first kappa shape index (κ1) is 14.1. The van der Waals surface area contributed by atoms with Gasteiger partial charge in [0.2, 0.25) is 0 Å². The minimum Gasteiger partial charge on any atom is -0.312 e. The summed E-state index contributed by atoms with van der Waals surface area (Å²) >= 11 is 3.11. The largest absolute Gasteiger partial charge is 0.312 e. The third-order valence-corrected chi connectivity index (χ3v) is 5.37. The lowest BCUT2D eigenvalue weighted by Gasteiger charge is -2.05. The Bertz CT molecular complexity index is 965. The lowest BCUT2D eigenvalue weighted by atomic mass is 10.3. The number of benzene rings is 1. The Hall–Kier alpha value is -2.51. The van der Waals surface area contributed by atoms with Gasteiger partial charge in [0.1, 0.15) is 15.7 Å². The molecule has 3 heterocycles. The van der Waals surface area contributed by atoms with Crippen LogP contribution in [0.4, 0.5) is 5.00 Å². The van der Waals surface area contributed by atoms with E-state index in [1.165, 1.54) is 11.3 Å². The third-order valence-electron chi connectivity index (χ3n) is 3.47. The van der Waals surface area contributed by atoms with Crippen molar-refractivity contribution < 1.29 is 4.79 Å². The Balaban J connectivity index is 1.68. The first-order valence-corrected chi connectivity index (χ1v) is 8.65. The Labute approximate surface area is 140 Å². The highest BCUT2D eigenvalue weighted by atomic mass is 32.1. The predicted octanol–water partition coefficient (Wildman–Crippen LogP) is 4.01. The molecule has 5 nitrogen and oxygen atoms in total. The number of hydrogen-bond donors (Lipinski definition) is 1. The average Bonchev–Trinajstić information content (AvgIpc) is 3.24. The fourth-order valence-corrected chi connectivity index (χ4v) is 4.17. The molecule has 0 bridgehead atoms. The molecule has 4 rings (SSSR count). The van der Waals surface area contributed by atoms with Crippen LogP contribution in [-0.2, 0) is 7.05 Å². The molecular formula is C16H12N4OS2. The van der Waals surface area contributed by atoms with Crippen LogP contribution in [-0.4, -0.2) is 20.7 Å². The SMILES string of the molecule is Cn1nccc1C(=O)Nc1sccc1-c1nc2ccccc2s1. The monoisotopic (exact) mass is 340 g/mol. The number of aromatic nitrogens is 3. The van der Waals surface area contributed by atoms with Crippen molar-refractivity contribution in [2.45, 2.75) is 0 Å². The van der Waals surface area contributed by atoms with E-state index in [0.29, 0.717) is 5.69 Å². The van der Waals surface area contributed by atoms with E-state index in [0.717, 1.165) is 25.8 Å². The second-order valence-electron chi connectivity index (χ2n) is 4.94. The van der Waals surface area contributed by atoms with Gasteiger partial charge in [-0.15, -0.1) is 22.7 Å². The molecule has 0 unspecified atom stereocenters. The molecule has 0 saturated heterocycles. The molecule has 0 fully saturated rings. The van der Waals surface area contributed by atoms with Crippen molar-refractivity contribution in [1.29, 1.82) is 0 Å². The molecule has 3 aromatic heterocycles. The van der Waals surface area contributed by atoms with Gasteiger partial charge in [0.25, 0.3) is 5.91 Å². The van der Waals surface area contributed by atoms with Crippen LogP contribution in [0.5, 0.6) is 0 Å². The number of rotatable bonds is 3. The quantitative estimate of drug-likeness (QED) is 0.613. The second-order valence-corrected chi connectivity index (χ2v) is 6.89. The summed E-state index contributed by atoms with van der Waals surface area (Å²) in [6.45, 7) is 0. The fraction of sp³-hybridized carbons (Fsp3) is 0.0625. The Morgan fingerprint density at radius 3 is 2.87 bits per heavy atom. The molecule has 1 amide bonds. The number of anilines is 1. The zero-order valence-corrected chi connectivity index (χ0v) is 13.8. The Kier molecular flexibility index (Phi) is 3.44. The Morgan fingerprint density at radius 1 is 1.22 bits per heavy atom. The van der Waals surface area contributed by atoms with Gasteiger partial charge < -0.3 is 5.32 Å². The maximum absolute atomic E-state index is 12.4. The molecule has 0 atom stereocenters. The number of carbonyl (C=O) groups excluding carboxylic acids is 1. The summed E-state index contributed by atoms with van der Waals surface area (Å²) in [5.41, 5.74) is 2.45. The van der Waals surface area contributed by atoms with Crippen LogP contribution in [0, 0.1) is 0 Å². The molecule has 0 radical (unpaired) electrons. The minimum absolute atomic E-state index is 0.171. The standard InChI is InChI=1S/C16H12N4OS2/c1-20-12(6-8-17-20)14(21)19-15-10(7-9-22-15)16-18-11-4-2-3-5-13(11)23-16/h2-9H,1H3,(H,19,21). The lowest BCUT2D eigenvalue weighted by molar-refractivity contribution is 0.101. The molecule has 114 valence electrons. The number of para-hydroxylation sites is 1. The molecule has 0 aliphatic heterocycles. The van der Waals surface area contributed by atoms with E-state index in [4.69, 9.17) is 0 Å². The van der Waals surface area contributed by atoms with Gasteiger partial charge in [0.05, 0.1) is 10.2 Å². The molecule has 0 aliphatic rings. The highest BCUT2D eigenvalue weighted by Crippen LogP contribution is 2.37. The van der Waals surface area contributed by atoms with E-state index in [1.54, 1.807) is 35.3 Å². The number of aryl methyl sites for hydroxylation is 1. The fourth-order valence-electron chi connectivity index (χ4n) is 2.33. The van der Waals surface area contributed by atoms with Crippen molar-refractivity contribution >= 4 is 43.8 Å². The van der Waals surface area contributed by atoms with Crippen LogP contribution in [0.25, 0.3) is 20.8 Å². The molecular weight excluding hydrogens is 328 g/mol. The molecule has 0 spiro atoms. The predicted molar refractivity (Wildman–Crippen MR) is 94.1 cm³/mol. The molecule has 4 aromatic rings. The molecule has 1 N–H and O–H groups in total. The highest BCUT2D eigenvalue weighted by Gasteiger charge is 2.16. The highest BCUT2D eigenvalue weighted by molar-refractivity contribution is 7.22. The zero-order chi connectivity index (χ0) is 15.8. The van der Waals surface area contributed by atoms with Crippen molar-refractivity contribution in [2.75, 3.05) is 5.32 Å². The summed E-state index contributed by atoms with van der Waals surface area (Å²) in [6, 6.07) is 11.7. The van der Waals surface area contributed by atoms with Gasteiger partial charge in [-0.25, -0.2) is 4.98 Å². The van der Waals surface area contributed by atoms with Crippen LogP contribution in [0.3, 0.4) is 0 Å². The van der Waals surface area contributed by atoms with E-state index in [-0.39, 0.29) is 5.91 Å². The van der Waals surface area contributed by atoms with Gasteiger partial charge in [-0.05, 0) is 29.6 Å². The number of hydrogen-bond acceptors (Lipinski definition) is 5. The summed E-state index contributed by atoms with van der Waals surface area (Å²) in [7, 11) is 1.75. The number of fused-ring (bicyclic) bond motifs is 1. The van der Waals surface area contributed by atoms with Crippen molar-refractivity contribution in [3.63, 3.8) is 0 Å². The third kappa shape index (κ3) is 2.54. The molecule has 23 heavy (non-hydrogen) atoms. The van der Waals surface area contributed by atoms with Gasteiger partial charge in [0, 0.05) is 18.8 Å². The first-order valence-electron chi connectivity index (χ1n) is 6.95. The van der Waals surface area contributed by atoms with Crippen molar-refractivity contribution in [3.8, 4) is 10.6 Å². The number of carbonyl (C=O) groups is 1. The van der Waals surface area contributed by atoms with Gasteiger partial charge in [0.15, 0.2) is 0 Å². The first-order chi connectivity index (χ1) is 11.2. The second kappa shape index (κ2) is 5.60. The van der Waals surface area contributed by atoms with Crippen molar-refractivity contribution in [1.82, 2.24) is 14.8 Å². The molecule has 0 saturated carbocycles. The number of amides is 1. The lowest BCUT2D eigenvalue weighted by Crippen LogP contribution is -2.15. The smallest absolute Gasteiger partial charge is 0.274 e. The molecule has 0 aliphatic carbocycles. The number of thiophene rings is 1. The van der Waals surface area contributed by atoms with E-state index >= 15 is 0 Å². The summed E-state index contributed by atoms with van der Waals surface area (Å²) in [4.78, 5) is 17.0. The summed E-state index contributed by atoms with van der Waals surface area (Å²) in [5, 5.41) is 10.7. The van der Waals surface area contributed by atoms with Crippen LogP contribution < -0.4 is 5.32 Å². The maximum Gasteiger partial charge on any atom is 0.274 e. The van der Waals surface area contributed by atoms with E-state index in [9.17, 15) is 4.79 Å². The van der Waals surface area contributed by atoms with Crippen LogP contribution in [0.1, 0.15) is 10.5 Å². The van der Waals surface area contributed by atoms with Gasteiger partial charge in [-0.1, -0.05) is 12.1 Å². The molecule has 7 heteroatoms. The summed E-state index contributed by atoms with van der Waals surface area (Å²) in [6.07, 6.45) is 1.61. The Morgan fingerprint density at radius 2 is 2.09 bits per heavy atom. The number of thiazole rings is 1. The van der Waals surface area contributed by atoms with Crippen LogP contribution in [0.15, 0.2) is 48.0 Å². The van der Waals surface area contributed by atoms with E-state index < -0.39 is 0 Å². The minimum atomic E-state index is -0.171. The van der Waals surface area contributed by atoms with Crippen molar-refractivity contribution in [3.05, 3.63) is 53.7 Å². The van der Waals surface area contributed by atoms with E-state index in [1.807, 2.05) is 29.6 Å². The zero-order valence-electron chi connectivity index (χ0n) is 12.2. The van der Waals surface area contributed by atoms with Gasteiger partial charge >= 0.3 is 0 Å². The van der Waals surface area contributed by atoms with Gasteiger partial charge in [-0.3, -0.25) is 9.48 Å². The van der Waals surface area contributed by atoms with Crippen molar-refractivity contribution in [2.24, 2.45) is 7.05 Å². The van der Waals surface area contributed by atoms with Gasteiger partial charge in [-0.2, -0.15) is 5.10 Å². The summed E-state index contributed by atoms with van der Waals surface area (Å²) in [5.74, 6) is -0.171. The van der Waals surface area contributed by atoms with Crippen LogP contribution in [0.2, 0.25) is 0 Å².